The molecule has 0 fully saturated rings. The molecular weight excluding hydrogens is 240 g/mol. The Bertz CT molecular complexity index is 557. The second-order valence-corrected chi connectivity index (χ2v) is 4.05. The summed E-state index contributed by atoms with van der Waals surface area (Å²) in [5.74, 6) is -1.22. The van der Waals surface area contributed by atoms with Crippen LogP contribution in [-0.4, -0.2) is 21.8 Å². The Labute approximate surface area is 102 Å². The lowest BCUT2D eigenvalue weighted by Crippen LogP contribution is -2.05. The topological polar surface area (TPSA) is 124 Å². The highest BCUT2D eigenvalue weighted by molar-refractivity contribution is 7.99. The van der Waals surface area contributed by atoms with Crippen molar-refractivity contribution in [3.63, 3.8) is 0 Å². The normalized spacial score (nSPS) is 9.35. The van der Waals surface area contributed by atoms with Crippen LogP contribution in [0.5, 0.6) is 0 Å². The molecule has 17 heavy (non-hydrogen) atoms. The molecule has 0 saturated carbocycles. The van der Waals surface area contributed by atoms with Gasteiger partial charge in [0.15, 0.2) is 0 Å². The van der Waals surface area contributed by atoms with Crippen LogP contribution in [0.4, 0.5) is 5.82 Å². The molecule has 6 nitrogen and oxygen atoms in total. The number of pyridine rings is 1. The number of carboxylic acids is 1. The Hall–Kier alpha value is -2.25. The number of carbonyl (C=O) groups is 1. The SMILES string of the molecule is Cc1c(C#N)c(N)nc(SCC(=O)O)c1C#N. The summed E-state index contributed by atoms with van der Waals surface area (Å²) in [5, 5.41) is 26.6. The van der Waals surface area contributed by atoms with Crippen LogP contribution in [0.15, 0.2) is 5.03 Å². The number of thioether (sulfide) groups is 1. The van der Waals surface area contributed by atoms with E-state index in [1.165, 1.54) is 0 Å². The van der Waals surface area contributed by atoms with Crippen molar-refractivity contribution in [1.29, 1.82) is 10.5 Å². The Balaban J connectivity index is 3.29. The average Bonchev–Trinajstić information content (AvgIpc) is 2.26. The first-order valence-corrected chi connectivity index (χ1v) is 5.44. The Kier molecular flexibility index (Phi) is 3.91. The number of rotatable bonds is 3. The zero-order valence-electron chi connectivity index (χ0n) is 8.89. The quantitative estimate of drug-likeness (QED) is 0.761. The standard InChI is InChI=1S/C10H8N4O2S/c1-5-6(2-11)9(13)14-10(7(5)3-12)17-4-8(15)16/h4H2,1H3,(H2,13,14)(H,15,16). The molecule has 1 aromatic heterocycles. The minimum Gasteiger partial charge on any atom is -0.481 e. The van der Waals surface area contributed by atoms with Crippen molar-refractivity contribution in [2.75, 3.05) is 11.5 Å². The molecule has 0 aromatic carbocycles. The highest BCUT2D eigenvalue weighted by Crippen LogP contribution is 2.27. The highest BCUT2D eigenvalue weighted by atomic mass is 32.2. The number of nitrogens with zero attached hydrogens (tertiary/aromatic N) is 3. The molecule has 0 radical (unpaired) electrons. The minimum atomic E-state index is -1.01. The summed E-state index contributed by atoms with van der Waals surface area (Å²) in [6, 6.07) is 3.77. The monoisotopic (exact) mass is 248 g/mol. The molecule has 0 aliphatic rings. The van der Waals surface area contributed by atoms with E-state index < -0.39 is 5.97 Å². The molecule has 0 aliphatic carbocycles. The lowest BCUT2D eigenvalue weighted by molar-refractivity contribution is -0.133. The molecule has 1 heterocycles. The van der Waals surface area contributed by atoms with Crippen molar-refractivity contribution in [2.24, 2.45) is 0 Å². The largest absolute Gasteiger partial charge is 0.481 e. The summed E-state index contributed by atoms with van der Waals surface area (Å²) >= 11 is 0.905. The van der Waals surface area contributed by atoms with Crippen LogP contribution in [0, 0.1) is 29.6 Å². The number of hydrogen-bond acceptors (Lipinski definition) is 6. The average molecular weight is 248 g/mol. The number of nitrogen functional groups attached to an aromatic ring is 1. The molecule has 0 aliphatic heterocycles. The smallest absolute Gasteiger partial charge is 0.313 e. The number of nitriles is 2. The van der Waals surface area contributed by atoms with Crippen molar-refractivity contribution >= 4 is 23.5 Å². The third kappa shape index (κ3) is 2.65. The van der Waals surface area contributed by atoms with Gasteiger partial charge in [-0.1, -0.05) is 11.8 Å². The highest BCUT2D eigenvalue weighted by Gasteiger charge is 2.16. The van der Waals surface area contributed by atoms with Gasteiger partial charge in [-0.15, -0.1) is 0 Å². The number of aliphatic carboxylic acids is 1. The second kappa shape index (κ2) is 5.19. The molecule has 1 rings (SSSR count). The number of anilines is 1. The van der Waals surface area contributed by atoms with E-state index in [9.17, 15) is 4.79 Å². The first-order chi connectivity index (χ1) is 8.01. The van der Waals surface area contributed by atoms with Gasteiger partial charge in [0.1, 0.15) is 23.0 Å². The second-order valence-electron chi connectivity index (χ2n) is 3.08. The van der Waals surface area contributed by atoms with Crippen molar-refractivity contribution in [2.45, 2.75) is 11.9 Å². The molecule has 1 aromatic rings. The van der Waals surface area contributed by atoms with Gasteiger partial charge in [0, 0.05) is 0 Å². The Morgan fingerprint density at radius 1 is 1.47 bits per heavy atom. The van der Waals surface area contributed by atoms with Crippen molar-refractivity contribution in [3.05, 3.63) is 16.7 Å². The van der Waals surface area contributed by atoms with E-state index in [1.807, 2.05) is 12.1 Å². The van der Waals surface area contributed by atoms with E-state index in [-0.39, 0.29) is 27.7 Å². The van der Waals surface area contributed by atoms with Gasteiger partial charge in [-0.05, 0) is 12.5 Å². The molecular formula is C10H8N4O2S. The summed E-state index contributed by atoms with van der Waals surface area (Å²) in [6.45, 7) is 1.58. The van der Waals surface area contributed by atoms with Gasteiger partial charge in [0.25, 0.3) is 0 Å². The third-order valence-corrected chi connectivity index (χ3v) is 2.96. The fraction of sp³-hybridized carbons (Fsp3) is 0.200. The van der Waals surface area contributed by atoms with Crippen LogP contribution in [0.3, 0.4) is 0 Å². The Morgan fingerprint density at radius 3 is 2.53 bits per heavy atom. The van der Waals surface area contributed by atoms with Gasteiger partial charge in [-0.3, -0.25) is 4.79 Å². The van der Waals surface area contributed by atoms with Crippen LogP contribution >= 0.6 is 11.8 Å². The van der Waals surface area contributed by atoms with E-state index in [0.29, 0.717) is 5.56 Å². The maximum atomic E-state index is 10.5. The number of aromatic nitrogens is 1. The zero-order valence-corrected chi connectivity index (χ0v) is 9.71. The van der Waals surface area contributed by atoms with Gasteiger partial charge in [-0.2, -0.15) is 10.5 Å². The van der Waals surface area contributed by atoms with Crippen molar-refractivity contribution in [1.82, 2.24) is 4.98 Å². The maximum Gasteiger partial charge on any atom is 0.313 e. The van der Waals surface area contributed by atoms with E-state index in [2.05, 4.69) is 4.98 Å². The number of nitrogens with two attached hydrogens (primary N) is 1. The molecule has 0 unspecified atom stereocenters. The van der Waals surface area contributed by atoms with E-state index in [4.69, 9.17) is 21.4 Å². The van der Waals surface area contributed by atoms with Crippen LogP contribution < -0.4 is 5.73 Å². The fourth-order valence-corrected chi connectivity index (χ4v) is 1.97. The fourth-order valence-electron chi connectivity index (χ4n) is 1.21. The van der Waals surface area contributed by atoms with Crippen molar-refractivity contribution < 1.29 is 9.90 Å². The lowest BCUT2D eigenvalue weighted by Gasteiger charge is -2.08. The molecule has 86 valence electrons. The predicted octanol–water partition coefficient (Wildman–Crippen LogP) is 0.892. The predicted molar refractivity (Wildman–Crippen MR) is 61.2 cm³/mol. The summed E-state index contributed by atoms with van der Waals surface area (Å²) in [6.07, 6.45) is 0. The van der Waals surface area contributed by atoms with Gasteiger partial charge >= 0.3 is 5.97 Å². The van der Waals surface area contributed by atoms with E-state index in [1.54, 1.807) is 6.92 Å². The van der Waals surface area contributed by atoms with Crippen LogP contribution in [0.1, 0.15) is 16.7 Å². The minimum absolute atomic E-state index is 0.0110. The summed E-state index contributed by atoms with van der Waals surface area (Å²) in [4.78, 5) is 14.3. The third-order valence-electron chi connectivity index (χ3n) is 2.00. The Morgan fingerprint density at radius 2 is 2.06 bits per heavy atom. The summed E-state index contributed by atoms with van der Waals surface area (Å²) in [5.41, 5.74) is 6.34. The van der Waals surface area contributed by atoms with Gasteiger partial charge in [0.2, 0.25) is 0 Å². The molecule has 0 bridgehead atoms. The first-order valence-electron chi connectivity index (χ1n) is 4.46. The molecule has 3 N–H and O–H groups in total. The molecule has 0 atom stereocenters. The number of hydrogen-bond donors (Lipinski definition) is 2. The molecule has 0 saturated heterocycles. The summed E-state index contributed by atoms with van der Waals surface area (Å²) in [7, 11) is 0. The molecule has 7 heteroatoms. The maximum absolute atomic E-state index is 10.5. The molecule has 0 spiro atoms. The van der Waals surface area contributed by atoms with Crippen LogP contribution in [0.2, 0.25) is 0 Å². The van der Waals surface area contributed by atoms with E-state index >= 15 is 0 Å². The van der Waals surface area contributed by atoms with Gasteiger partial charge < -0.3 is 10.8 Å². The van der Waals surface area contributed by atoms with Gasteiger partial charge in [0.05, 0.1) is 16.9 Å². The molecule has 0 amide bonds. The lowest BCUT2D eigenvalue weighted by atomic mass is 10.1. The first kappa shape index (κ1) is 12.8. The van der Waals surface area contributed by atoms with Crippen LogP contribution in [-0.2, 0) is 4.79 Å². The van der Waals surface area contributed by atoms with Crippen LogP contribution in [0.25, 0.3) is 0 Å². The zero-order chi connectivity index (χ0) is 13.0. The van der Waals surface area contributed by atoms with Crippen molar-refractivity contribution in [3.8, 4) is 12.1 Å². The van der Waals surface area contributed by atoms with Gasteiger partial charge in [-0.25, -0.2) is 4.98 Å². The number of carboxylic acid groups (broad SMARTS) is 1. The summed E-state index contributed by atoms with van der Waals surface area (Å²) < 4.78 is 0. The van der Waals surface area contributed by atoms with E-state index in [0.717, 1.165) is 11.8 Å².